The number of nitrogen functional groups attached to an aromatic ring is 1. The Bertz CT molecular complexity index is 307. The molecule has 2 N–H and O–H groups in total. The average Bonchev–Trinajstić information content (AvgIpc) is 2.69. The first-order valence-electron chi connectivity index (χ1n) is 5.76. The largest absolute Gasteiger partial charge is 0.379 e. The summed E-state index contributed by atoms with van der Waals surface area (Å²) in [5, 5.41) is 0.626. The molecule has 0 amide bonds. The minimum absolute atomic E-state index is 0.626. The van der Waals surface area contributed by atoms with Crippen LogP contribution in [-0.4, -0.2) is 49.9 Å². The molecular weight excluding hydrogens is 238 g/mol. The molecule has 0 radical (unpaired) electrons. The Kier molecular flexibility index (Phi) is 7.11. The molecule has 0 bridgehead atoms. The van der Waals surface area contributed by atoms with Gasteiger partial charge in [0.15, 0.2) is 5.13 Å². The van der Waals surface area contributed by atoms with Crippen LogP contribution >= 0.6 is 11.3 Å². The van der Waals surface area contributed by atoms with Gasteiger partial charge in [-0.05, 0) is 14.0 Å². The number of thiazole rings is 1. The van der Waals surface area contributed by atoms with Gasteiger partial charge in [-0.15, -0.1) is 11.3 Å². The van der Waals surface area contributed by atoms with Crippen molar-refractivity contribution in [1.29, 1.82) is 0 Å². The van der Waals surface area contributed by atoms with Gasteiger partial charge in [0.25, 0.3) is 0 Å². The van der Waals surface area contributed by atoms with E-state index >= 15 is 0 Å². The molecule has 0 fully saturated rings. The first-order valence-corrected chi connectivity index (χ1v) is 6.58. The van der Waals surface area contributed by atoms with E-state index in [-0.39, 0.29) is 0 Å². The third-order valence-electron chi connectivity index (χ3n) is 2.19. The van der Waals surface area contributed by atoms with Gasteiger partial charge in [0, 0.05) is 30.8 Å². The standard InChI is InChI=1S/C11H21N3O2S/c1-3-15-6-7-16-5-4-14(2)9-10-8-13-11(12)17-10/h8H,3-7,9H2,1-2H3,(H2,12,13). The molecule has 0 aliphatic carbocycles. The van der Waals surface area contributed by atoms with Gasteiger partial charge in [-0.1, -0.05) is 0 Å². The Morgan fingerprint density at radius 2 is 2.12 bits per heavy atom. The average molecular weight is 259 g/mol. The van der Waals surface area contributed by atoms with Crippen LogP contribution in [0.4, 0.5) is 5.13 Å². The van der Waals surface area contributed by atoms with Gasteiger partial charge in [0.1, 0.15) is 0 Å². The fourth-order valence-electron chi connectivity index (χ4n) is 1.33. The molecule has 0 aromatic carbocycles. The molecule has 17 heavy (non-hydrogen) atoms. The highest BCUT2D eigenvalue weighted by atomic mass is 32.1. The molecule has 6 heteroatoms. The number of ether oxygens (including phenoxy) is 2. The van der Waals surface area contributed by atoms with E-state index in [1.54, 1.807) is 0 Å². The second-order valence-corrected chi connectivity index (χ2v) is 4.86. The first kappa shape index (κ1) is 14.4. The van der Waals surface area contributed by atoms with Crippen LogP contribution in [0.5, 0.6) is 0 Å². The predicted molar refractivity (Wildman–Crippen MR) is 70.2 cm³/mol. The molecule has 1 rings (SSSR count). The molecule has 5 nitrogen and oxygen atoms in total. The summed E-state index contributed by atoms with van der Waals surface area (Å²) in [4.78, 5) is 7.39. The van der Waals surface area contributed by atoms with E-state index in [0.29, 0.717) is 18.3 Å². The van der Waals surface area contributed by atoms with Gasteiger partial charge in [-0.2, -0.15) is 0 Å². The molecule has 0 atom stereocenters. The third-order valence-corrected chi connectivity index (χ3v) is 3.00. The highest BCUT2D eigenvalue weighted by Crippen LogP contribution is 2.15. The number of rotatable bonds is 9. The number of nitrogens with zero attached hydrogens (tertiary/aromatic N) is 2. The Balaban J connectivity index is 2.03. The van der Waals surface area contributed by atoms with Gasteiger partial charge < -0.3 is 15.2 Å². The van der Waals surface area contributed by atoms with E-state index in [9.17, 15) is 0 Å². The molecule has 0 aliphatic rings. The van der Waals surface area contributed by atoms with Crippen molar-refractivity contribution in [2.45, 2.75) is 13.5 Å². The maximum atomic E-state index is 5.57. The fraction of sp³-hybridized carbons (Fsp3) is 0.727. The molecule has 0 saturated heterocycles. The normalized spacial score (nSPS) is 11.2. The van der Waals surface area contributed by atoms with Crippen LogP contribution in [0, 0.1) is 0 Å². The van der Waals surface area contributed by atoms with Crippen LogP contribution in [0.25, 0.3) is 0 Å². The highest BCUT2D eigenvalue weighted by molar-refractivity contribution is 7.15. The van der Waals surface area contributed by atoms with Crippen LogP contribution in [0.15, 0.2) is 6.20 Å². The van der Waals surface area contributed by atoms with Crippen molar-refractivity contribution in [3.8, 4) is 0 Å². The Morgan fingerprint density at radius 3 is 2.76 bits per heavy atom. The monoisotopic (exact) mass is 259 g/mol. The van der Waals surface area contributed by atoms with Gasteiger partial charge in [0.05, 0.1) is 19.8 Å². The maximum absolute atomic E-state index is 5.57. The SMILES string of the molecule is CCOCCOCCN(C)Cc1cnc(N)s1. The van der Waals surface area contributed by atoms with E-state index in [0.717, 1.165) is 26.3 Å². The Morgan fingerprint density at radius 1 is 1.35 bits per heavy atom. The molecule has 1 aromatic heterocycles. The van der Waals surface area contributed by atoms with E-state index in [1.165, 1.54) is 16.2 Å². The molecule has 0 aliphatic heterocycles. The van der Waals surface area contributed by atoms with Gasteiger partial charge >= 0.3 is 0 Å². The van der Waals surface area contributed by atoms with Gasteiger partial charge in [-0.25, -0.2) is 4.98 Å². The zero-order chi connectivity index (χ0) is 12.5. The lowest BCUT2D eigenvalue weighted by atomic mass is 10.5. The Hall–Kier alpha value is -0.690. The van der Waals surface area contributed by atoms with Crippen LogP contribution in [0.1, 0.15) is 11.8 Å². The van der Waals surface area contributed by atoms with Crippen molar-refractivity contribution in [3.05, 3.63) is 11.1 Å². The maximum Gasteiger partial charge on any atom is 0.180 e. The smallest absolute Gasteiger partial charge is 0.180 e. The quantitative estimate of drug-likeness (QED) is 0.675. The highest BCUT2D eigenvalue weighted by Gasteiger charge is 2.03. The molecular formula is C11H21N3O2S. The first-order chi connectivity index (χ1) is 8.22. The summed E-state index contributed by atoms with van der Waals surface area (Å²) in [6.45, 7) is 6.54. The third kappa shape index (κ3) is 6.58. The summed E-state index contributed by atoms with van der Waals surface area (Å²) < 4.78 is 10.6. The molecule has 0 saturated carbocycles. The summed E-state index contributed by atoms with van der Waals surface area (Å²) in [6.07, 6.45) is 1.83. The lowest BCUT2D eigenvalue weighted by Crippen LogP contribution is -2.23. The topological polar surface area (TPSA) is 60.6 Å². The van der Waals surface area contributed by atoms with E-state index in [2.05, 4.69) is 16.9 Å². The molecule has 1 heterocycles. The molecule has 0 spiro atoms. The van der Waals surface area contributed by atoms with Gasteiger partial charge in [-0.3, -0.25) is 4.90 Å². The number of hydrogen-bond acceptors (Lipinski definition) is 6. The number of nitrogens with two attached hydrogens (primary N) is 1. The fourth-order valence-corrected chi connectivity index (χ4v) is 2.09. The van der Waals surface area contributed by atoms with Crippen molar-refractivity contribution in [2.75, 3.05) is 45.8 Å². The summed E-state index contributed by atoms with van der Waals surface area (Å²) in [5.74, 6) is 0. The lowest BCUT2D eigenvalue weighted by molar-refractivity contribution is 0.0448. The minimum Gasteiger partial charge on any atom is -0.379 e. The predicted octanol–water partition coefficient (Wildman–Crippen LogP) is 1.21. The zero-order valence-electron chi connectivity index (χ0n) is 10.5. The van der Waals surface area contributed by atoms with Crippen molar-refractivity contribution >= 4 is 16.5 Å². The van der Waals surface area contributed by atoms with Crippen LogP contribution in [0.2, 0.25) is 0 Å². The zero-order valence-corrected chi connectivity index (χ0v) is 11.3. The number of aromatic nitrogens is 1. The summed E-state index contributed by atoms with van der Waals surface area (Å²) in [6, 6.07) is 0. The second-order valence-electron chi connectivity index (χ2n) is 3.71. The lowest BCUT2D eigenvalue weighted by Gasteiger charge is -2.15. The number of likely N-dealkylation sites (N-methyl/N-ethyl adjacent to an activating group) is 1. The van der Waals surface area contributed by atoms with Crippen molar-refractivity contribution in [1.82, 2.24) is 9.88 Å². The number of hydrogen-bond donors (Lipinski definition) is 1. The van der Waals surface area contributed by atoms with Crippen LogP contribution in [0.3, 0.4) is 0 Å². The van der Waals surface area contributed by atoms with Gasteiger partial charge in [0.2, 0.25) is 0 Å². The molecule has 0 unspecified atom stereocenters. The van der Waals surface area contributed by atoms with Crippen LogP contribution in [-0.2, 0) is 16.0 Å². The molecule has 98 valence electrons. The minimum atomic E-state index is 0.626. The number of anilines is 1. The second kappa shape index (κ2) is 8.41. The van der Waals surface area contributed by atoms with E-state index < -0.39 is 0 Å². The Labute approximate surface area is 107 Å². The van der Waals surface area contributed by atoms with Crippen molar-refractivity contribution in [2.24, 2.45) is 0 Å². The van der Waals surface area contributed by atoms with E-state index in [1.807, 2.05) is 13.1 Å². The van der Waals surface area contributed by atoms with Crippen molar-refractivity contribution < 1.29 is 9.47 Å². The summed E-state index contributed by atoms with van der Waals surface area (Å²) >= 11 is 1.53. The van der Waals surface area contributed by atoms with Crippen molar-refractivity contribution in [3.63, 3.8) is 0 Å². The van der Waals surface area contributed by atoms with Crippen LogP contribution < -0.4 is 5.73 Å². The summed E-state index contributed by atoms with van der Waals surface area (Å²) in [7, 11) is 2.06. The molecule has 1 aromatic rings. The summed E-state index contributed by atoms with van der Waals surface area (Å²) in [5.41, 5.74) is 5.57. The van der Waals surface area contributed by atoms with E-state index in [4.69, 9.17) is 15.2 Å².